The SMILES string of the molecule is COc1cc(Cl)c(CCCN)c(OC)c1OC. The van der Waals surface area contributed by atoms with E-state index in [9.17, 15) is 0 Å². The molecular formula is C12H18ClNO3. The summed E-state index contributed by atoms with van der Waals surface area (Å²) in [5.74, 6) is 1.74. The summed E-state index contributed by atoms with van der Waals surface area (Å²) in [4.78, 5) is 0. The zero-order valence-corrected chi connectivity index (χ0v) is 11.1. The number of nitrogens with two attached hydrogens (primary N) is 1. The molecule has 1 aromatic rings. The first kappa shape index (κ1) is 13.9. The maximum Gasteiger partial charge on any atom is 0.203 e. The molecule has 17 heavy (non-hydrogen) atoms. The van der Waals surface area contributed by atoms with Crippen molar-refractivity contribution in [3.8, 4) is 17.2 Å². The van der Waals surface area contributed by atoms with Crippen molar-refractivity contribution >= 4 is 11.6 Å². The largest absolute Gasteiger partial charge is 0.493 e. The monoisotopic (exact) mass is 259 g/mol. The molecule has 0 amide bonds. The number of halogens is 1. The fourth-order valence-corrected chi connectivity index (χ4v) is 1.98. The van der Waals surface area contributed by atoms with Gasteiger partial charge in [0.25, 0.3) is 0 Å². The molecule has 96 valence electrons. The van der Waals surface area contributed by atoms with Crippen LogP contribution in [-0.4, -0.2) is 27.9 Å². The predicted octanol–water partition coefficient (Wildman–Crippen LogP) is 2.26. The highest BCUT2D eigenvalue weighted by Gasteiger charge is 2.19. The van der Waals surface area contributed by atoms with Crippen LogP contribution in [0.5, 0.6) is 17.2 Å². The third kappa shape index (κ3) is 2.96. The van der Waals surface area contributed by atoms with Gasteiger partial charge in [0.2, 0.25) is 5.75 Å². The normalized spacial score (nSPS) is 10.2. The van der Waals surface area contributed by atoms with E-state index in [1.807, 2.05) is 0 Å². The van der Waals surface area contributed by atoms with Crippen LogP contribution in [0, 0.1) is 0 Å². The molecule has 0 aliphatic rings. The lowest BCUT2D eigenvalue weighted by Gasteiger charge is -2.17. The highest BCUT2D eigenvalue weighted by Crippen LogP contribution is 2.44. The van der Waals surface area contributed by atoms with E-state index in [0.717, 1.165) is 18.4 Å². The number of hydrogen-bond donors (Lipinski definition) is 1. The van der Waals surface area contributed by atoms with Crippen molar-refractivity contribution in [2.75, 3.05) is 27.9 Å². The lowest BCUT2D eigenvalue weighted by Crippen LogP contribution is -2.04. The van der Waals surface area contributed by atoms with E-state index >= 15 is 0 Å². The molecule has 5 heteroatoms. The summed E-state index contributed by atoms with van der Waals surface area (Å²) in [6.07, 6.45) is 1.59. The lowest BCUT2D eigenvalue weighted by molar-refractivity contribution is 0.322. The summed E-state index contributed by atoms with van der Waals surface area (Å²) >= 11 is 6.20. The second kappa shape index (κ2) is 6.57. The number of methoxy groups -OCH3 is 3. The van der Waals surface area contributed by atoms with Gasteiger partial charge in [-0.15, -0.1) is 0 Å². The zero-order chi connectivity index (χ0) is 12.8. The molecule has 0 unspecified atom stereocenters. The van der Waals surface area contributed by atoms with Gasteiger partial charge in [-0.25, -0.2) is 0 Å². The van der Waals surface area contributed by atoms with Crippen molar-refractivity contribution in [3.05, 3.63) is 16.7 Å². The molecule has 0 spiro atoms. The van der Waals surface area contributed by atoms with Crippen molar-refractivity contribution in [1.82, 2.24) is 0 Å². The van der Waals surface area contributed by atoms with Gasteiger partial charge in [-0.1, -0.05) is 11.6 Å². The average molecular weight is 260 g/mol. The third-order valence-corrected chi connectivity index (χ3v) is 2.85. The van der Waals surface area contributed by atoms with Gasteiger partial charge in [-0.2, -0.15) is 0 Å². The van der Waals surface area contributed by atoms with E-state index in [0.29, 0.717) is 28.8 Å². The number of rotatable bonds is 6. The fourth-order valence-electron chi connectivity index (χ4n) is 1.70. The smallest absolute Gasteiger partial charge is 0.203 e. The minimum Gasteiger partial charge on any atom is -0.493 e. The van der Waals surface area contributed by atoms with E-state index in [-0.39, 0.29) is 0 Å². The maximum atomic E-state index is 6.20. The molecule has 0 saturated carbocycles. The highest BCUT2D eigenvalue weighted by molar-refractivity contribution is 6.31. The number of hydrogen-bond acceptors (Lipinski definition) is 4. The van der Waals surface area contributed by atoms with E-state index in [2.05, 4.69) is 0 Å². The number of ether oxygens (including phenoxy) is 3. The second-order valence-corrected chi connectivity index (χ2v) is 3.91. The lowest BCUT2D eigenvalue weighted by atomic mass is 10.1. The van der Waals surface area contributed by atoms with Gasteiger partial charge < -0.3 is 19.9 Å². The van der Waals surface area contributed by atoms with Crippen molar-refractivity contribution in [3.63, 3.8) is 0 Å². The van der Waals surface area contributed by atoms with Crippen LogP contribution in [0.25, 0.3) is 0 Å². The highest BCUT2D eigenvalue weighted by atomic mass is 35.5. The Hall–Kier alpha value is -1.13. The van der Waals surface area contributed by atoms with Crippen LogP contribution in [0.4, 0.5) is 0 Å². The van der Waals surface area contributed by atoms with Crippen molar-refractivity contribution in [2.45, 2.75) is 12.8 Å². The second-order valence-electron chi connectivity index (χ2n) is 3.50. The van der Waals surface area contributed by atoms with Gasteiger partial charge in [-0.05, 0) is 19.4 Å². The van der Waals surface area contributed by atoms with Gasteiger partial charge >= 0.3 is 0 Å². The minimum atomic E-state index is 0.561. The summed E-state index contributed by atoms with van der Waals surface area (Å²) in [5.41, 5.74) is 6.40. The summed E-state index contributed by atoms with van der Waals surface area (Å²) in [6.45, 7) is 0.605. The van der Waals surface area contributed by atoms with Crippen LogP contribution in [0.15, 0.2) is 6.07 Å². The minimum absolute atomic E-state index is 0.561. The van der Waals surface area contributed by atoms with E-state index in [1.165, 1.54) is 0 Å². The Morgan fingerprint density at radius 1 is 1.12 bits per heavy atom. The van der Waals surface area contributed by atoms with Gasteiger partial charge in [-0.3, -0.25) is 0 Å². The molecule has 0 aromatic heterocycles. The van der Waals surface area contributed by atoms with Crippen LogP contribution in [0.2, 0.25) is 5.02 Å². The molecule has 0 atom stereocenters. The molecule has 2 N–H and O–H groups in total. The Balaban J connectivity index is 3.27. The maximum absolute atomic E-state index is 6.20. The number of benzene rings is 1. The van der Waals surface area contributed by atoms with Gasteiger partial charge in [0.05, 0.1) is 26.4 Å². The molecule has 0 aliphatic heterocycles. The molecule has 0 bridgehead atoms. The molecule has 0 aliphatic carbocycles. The van der Waals surface area contributed by atoms with E-state index < -0.39 is 0 Å². The predicted molar refractivity (Wildman–Crippen MR) is 68.5 cm³/mol. The average Bonchev–Trinajstić information content (AvgIpc) is 2.35. The quantitative estimate of drug-likeness (QED) is 0.851. The van der Waals surface area contributed by atoms with Crippen molar-refractivity contribution in [1.29, 1.82) is 0 Å². The molecule has 0 saturated heterocycles. The van der Waals surface area contributed by atoms with Gasteiger partial charge in [0, 0.05) is 11.6 Å². The van der Waals surface area contributed by atoms with Crippen molar-refractivity contribution in [2.24, 2.45) is 5.73 Å². The van der Waals surface area contributed by atoms with Crippen molar-refractivity contribution < 1.29 is 14.2 Å². The van der Waals surface area contributed by atoms with Gasteiger partial charge in [0.15, 0.2) is 11.5 Å². The molecule has 0 radical (unpaired) electrons. The first-order valence-corrected chi connectivity index (χ1v) is 5.74. The van der Waals surface area contributed by atoms with Crippen LogP contribution < -0.4 is 19.9 Å². The molecule has 0 fully saturated rings. The summed E-state index contributed by atoms with van der Waals surface area (Å²) < 4.78 is 15.9. The van der Waals surface area contributed by atoms with Crippen LogP contribution in [0.1, 0.15) is 12.0 Å². The topological polar surface area (TPSA) is 53.7 Å². The molecule has 1 aromatic carbocycles. The summed E-state index contributed by atoms with van der Waals surface area (Å²) in [6, 6.07) is 1.73. The summed E-state index contributed by atoms with van der Waals surface area (Å²) in [5, 5.41) is 0.605. The van der Waals surface area contributed by atoms with Gasteiger partial charge in [0.1, 0.15) is 0 Å². The zero-order valence-electron chi connectivity index (χ0n) is 10.4. The van der Waals surface area contributed by atoms with Crippen LogP contribution in [0.3, 0.4) is 0 Å². The van der Waals surface area contributed by atoms with E-state index in [1.54, 1.807) is 27.4 Å². The molecule has 4 nitrogen and oxygen atoms in total. The Bertz CT molecular complexity index is 383. The fraction of sp³-hybridized carbons (Fsp3) is 0.500. The standard InChI is InChI=1S/C12H18ClNO3/c1-15-10-7-9(13)8(5-4-6-14)11(16-2)12(10)17-3/h7H,4-6,14H2,1-3H3. The van der Waals surface area contributed by atoms with Crippen LogP contribution >= 0.6 is 11.6 Å². The Morgan fingerprint density at radius 2 is 1.76 bits per heavy atom. The first-order chi connectivity index (χ1) is 8.19. The summed E-state index contributed by atoms with van der Waals surface area (Å²) in [7, 11) is 4.72. The Morgan fingerprint density at radius 3 is 2.24 bits per heavy atom. The van der Waals surface area contributed by atoms with E-state index in [4.69, 9.17) is 31.5 Å². The first-order valence-electron chi connectivity index (χ1n) is 5.37. The Kier molecular flexibility index (Phi) is 5.38. The van der Waals surface area contributed by atoms with Crippen LogP contribution in [-0.2, 0) is 6.42 Å². The molecule has 1 rings (SSSR count). The Labute approximate surface area is 107 Å². The molecular weight excluding hydrogens is 242 g/mol. The molecule has 0 heterocycles. The third-order valence-electron chi connectivity index (χ3n) is 2.51.